The fourth-order valence-corrected chi connectivity index (χ4v) is 3.31. The van der Waals surface area contributed by atoms with E-state index in [0.29, 0.717) is 30.0 Å². The predicted octanol–water partition coefficient (Wildman–Crippen LogP) is 5.54. The molecule has 0 bridgehead atoms. The van der Waals surface area contributed by atoms with Gasteiger partial charge in [-0.05, 0) is 36.8 Å². The van der Waals surface area contributed by atoms with Crippen LogP contribution in [0.15, 0.2) is 48.5 Å². The maximum absolute atomic E-state index is 13.4. The van der Waals surface area contributed by atoms with Crippen molar-refractivity contribution in [2.45, 2.75) is 18.8 Å². The van der Waals surface area contributed by atoms with Crippen LogP contribution in [-0.2, 0) is 18.8 Å². The summed E-state index contributed by atoms with van der Waals surface area (Å²) in [5.74, 6) is 0.492. The van der Waals surface area contributed by atoms with Crippen molar-refractivity contribution >= 4 is 5.82 Å². The molecule has 9 heteroatoms. The predicted molar refractivity (Wildman–Crippen MR) is 91.2 cm³/mol. The largest absolute Gasteiger partial charge is 0.417 e. The van der Waals surface area contributed by atoms with E-state index in [-0.39, 0.29) is 11.3 Å². The molecule has 1 aliphatic heterocycles. The molecule has 0 amide bonds. The third-order valence-corrected chi connectivity index (χ3v) is 4.58. The number of aromatic nitrogens is 2. The third kappa shape index (κ3) is 3.10. The molecule has 146 valence electrons. The highest BCUT2D eigenvalue weighted by molar-refractivity contribution is 5.75. The van der Waals surface area contributed by atoms with Crippen LogP contribution in [0.25, 0.3) is 16.9 Å². The van der Waals surface area contributed by atoms with Gasteiger partial charge in [0, 0.05) is 17.7 Å². The Bertz CT molecular complexity index is 1020. The summed E-state index contributed by atoms with van der Waals surface area (Å²) in [5, 5.41) is 7.37. The lowest BCUT2D eigenvalue weighted by Gasteiger charge is -2.12. The maximum Gasteiger partial charge on any atom is 0.417 e. The summed E-state index contributed by atoms with van der Waals surface area (Å²) >= 11 is 0. The van der Waals surface area contributed by atoms with Gasteiger partial charge in [-0.15, -0.1) is 0 Å². The Kier molecular flexibility index (Phi) is 4.13. The highest BCUT2D eigenvalue weighted by atomic mass is 19.4. The minimum absolute atomic E-state index is 0.0550. The molecular formula is C19H13F6N3. The number of alkyl halides is 6. The molecule has 2 heterocycles. The number of nitrogens with one attached hydrogen (secondary N) is 1. The Hall–Kier alpha value is -2.97. The van der Waals surface area contributed by atoms with Gasteiger partial charge in [0.1, 0.15) is 5.82 Å². The van der Waals surface area contributed by atoms with Gasteiger partial charge in [-0.25, -0.2) is 4.68 Å². The summed E-state index contributed by atoms with van der Waals surface area (Å²) in [6.45, 7) is 0.509. The van der Waals surface area contributed by atoms with Gasteiger partial charge in [0.05, 0.1) is 22.5 Å². The summed E-state index contributed by atoms with van der Waals surface area (Å²) in [6, 6.07) is 9.46. The van der Waals surface area contributed by atoms with Gasteiger partial charge in [0.15, 0.2) is 0 Å². The van der Waals surface area contributed by atoms with Crippen molar-refractivity contribution < 1.29 is 26.3 Å². The number of rotatable bonds is 2. The zero-order valence-electron chi connectivity index (χ0n) is 14.2. The lowest BCUT2D eigenvalue weighted by Crippen LogP contribution is -2.09. The van der Waals surface area contributed by atoms with Crippen molar-refractivity contribution in [3.05, 3.63) is 65.2 Å². The zero-order valence-corrected chi connectivity index (χ0v) is 14.2. The van der Waals surface area contributed by atoms with Gasteiger partial charge in [0.2, 0.25) is 0 Å². The third-order valence-electron chi connectivity index (χ3n) is 4.58. The quantitative estimate of drug-likeness (QED) is 0.575. The molecule has 1 aliphatic rings. The van der Waals surface area contributed by atoms with E-state index < -0.39 is 23.5 Å². The van der Waals surface area contributed by atoms with Crippen molar-refractivity contribution in [2.75, 3.05) is 11.9 Å². The lowest BCUT2D eigenvalue weighted by molar-refractivity contribution is -0.138. The molecule has 0 saturated carbocycles. The summed E-state index contributed by atoms with van der Waals surface area (Å²) in [4.78, 5) is 0. The van der Waals surface area contributed by atoms with Crippen LogP contribution in [0.2, 0.25) is 0 Å². The summed E-state index contributed by atoms with van der Waals surface area (Å²) < 4.78 is 79.9. The fraction of sp³-hybridized carbons (Fsp3) is 0.211. The zero-order chi connectivity index (χ0) is 20.1. The van der Waals surface area contributed by atoms with Crippen LogP contribution in [0.3, 0.4) is 0 Å². The van der Waals surface area contributed by atoms with E-state index in [1.807, 2.05) is 0 Å². The van der Waals surface area contributed by atoms with Crippen LogP contribution in [0.1, 0.15) is 16.7 Å². The standard InChI is InChI=1S/C19H13F6N3/c20-18(21,22)11-5-7-12(8-6-11)28-17-14(9-10-26-17)16(27-28)13-3-1-2-4-15(13)19(23,24)25/h1-8,26H,9-10H2. The summed E-state index contributed by atoms with van der Waals surface area (Å²) in [5.41, 5.74) is -0.558. The van der Waals surface area contributed by atoms with Crippen LogP contribution in [0.4, 0.5) is 32.2 Å². The molecule has 0 fully saturated rings. The van der Waals surface area contributed by atoms with E-state index in [2.05, 4.69) is 10.4 Å². The molecule has 0 radical (unpaired) electrons. The number of hydrogen-bond acceptors (Lipinski definition) is 2. The Morgan fingerprint density at radius 1 is 0.857 bits per heavy atom. The van der Waals surface area contributed by atoms with Crippen LogP contribution >= 0.6 is 0 Å². The summed E-state index contributed by atoms with van der Waals surface area (Å²) in [7, 11) is 0. The fourth-order valence-electron chi connectivity index (χ4n) is 3.31. The van der Waals surface area contributed by atoms with Crippen molar-refractivity contribution in [2.24, 2.45) is 0 Å². The van der Waals surface area contributed by atoms with Gasteiger partial charge < -0.3 is 5.32 Å². The van der Waals surface area contributed by atoms with Gasteiger partial charge >= 0.3 is 12.4 Å². The topological polar surface area (TPSA) is 29.9 Å². The molecule has 2 aromatic carbocycles. The Labute approximate surface area is 155 Å². The molecule has 28 heavy (non-hydrogen) atoms. The van der Waals surface area contributed by atoms with Crippen LogP contribution < -0.4 is 5.32 Å². The average Bonchev–Trinajstić information content (AvgIpc) is 3.23. The average molecular weight is 397 g/mol. The molecule has 3 aromatic rings. The molecule has 0 atom stereocenters. The minimum atomic E-state index is -4.55. The number of anilines is 1. The van der Waals surface area contributed by atoms with E-state index in [9.17, 15) is 26.3 Å². The monoisotopic (exact) mass is 397 g/mol. The molecule has 0 aliphatic carbocycles. The second-order valence-corrected chi connectivity index (χ2v) is 6.35. The Morgan fingerprint density at radius 2 is 1.54 bits per heavy atom. The first-order chi connectivity index (χ1) is 13.2. The van der Waals surface area contributed by atoms with Gasteiger partial charge in [0.25, 0.3) is 0 Å². The highest BCUT2D eigenvalue weighted by Crippen LogP contribution is 2.41. The normalized spacial score (nSPS) is 14.1. The second kappa shape index (κ2) is 6.29. The first-order valence-corrected chi connectivity index (χ1v) is 8.36. The highest BCUT2D eigenvalue weighted by Gasteiger charge is 2.36. The maximum atomic E-state index is 13.4. The SMILES string of the molecule is FC(F)(F)c1ccc(-n2nc(-c3ccccc3C(F)(F)F)c3c2NCC3)cc1. The van der Waals surface area contributed by atoms with E-state index >= 15 is 0 Å². The second-order valence-electron chi connectivity index (χ2n) is 6.35. The Balaban J connectivity index is 1.84. The molecule has 1 aromatic heterocycles. The van der Waals surface area contributed by atoms with Gasteiger partial charge in [-0.1, -0.05) is 18.2 Å². The lowest BCUT2D eigenvalue weighted by atomic mass is 10.0. The smallest absolute Gasteiger partial charge is 0.369 e. The number of fused-ring (bicyclic) bond motifs is 1. The van der Waals surface area contributed by atoms with Crippen LogP contribution in [0, 0.1) is 0 Å². The molecule has 0 saturated heterocycles. The van der Waals surface area contributed by atoms with Crippen LogP contribution in [-0.4, -0.2) is 16.3 Å². The molecule has 3 nitrogen and oxygen atoms in total. The van der Waals surface area contributed by atoms with E-state index in [1.54, 1.807) is 0 Å². The molecule has 0 spiro atoms. The first-order valence-electron chi connectivity index (χ1n) is 8.36. The van der Waals surface area contributed by atoms with Crippen molar-refractivity contribution in [3.63, 3.8) is 0 Å². The Morgan fingerprint density at radius 3 is 2.18 bits per heavy atom. The molecule has 0 unspecified atom stereocenters. The molecular weight excluding hydrogens is 384 g/mol. The summed E-state index contributed by atoms with van der Waals surface area (Å²) in [6.07, 6.45) is -8.55. The number of hydrogen-bond donors (Lipinski definition) is 1. The van der Waals surface area contributed by atoms with Crippen molar-refractivity contribution in [1.82, 2.24) is 9.78 Å². The van der Waals surface area contributed by atoms with Crippen molar-refractivity contribution in [3.8, 4) is 16.9 Å². The van der Waals surface area contributed by atoms with Crippen molar-refractivity contribution in [1.29, 1.82) is 0 Å². The van der Waals surface area contributed by atoms with E-state index in [1.165, 1.54) is 35.0 Å². The minimum Gasteiger partial charge on any atom is -0.369 e. The molecule has 1 N–H and O–H groups in total. The molecule has 4 rings (SSSR count). The van der Waals surface area contributed by atoms with Gasteiger partial charge in [-0.3, -0.25) is 0 Å². The van der Waals surface area contributed by atoms with E-state index in [4.69, 9.17) is 0 Å². The van der Waals surface area contributed by atoms with Crippen LogP contribution in [0.5, 0.6) is 0 Å². The number of halogens is 6. The number of nitrogens with zero attached hydrogens (tertiary/aromatic N) is 2. The first kappa shape index (κ1) is 18.4. The van der Waals surface area contributed by atoms with E-state index in [0.717, 1.165) is 18.2 Å². The van der Waals surface area contributed by atoms with Gasteiger partial charge in [-0.2, -0.15) is 31.4 Å². The number of benzene rings is 2.